The number of aryl methyl sites for hydroxylation is 1. The summed E-state index contributed by atoms with van der Waals surface area (Å²) in [6.45, 7) is 3.01. The minimum absolute atomic E-state index is 0.759. The Balaban J connectivity index is 2.50. The van der Waals surface area contributed by atoms with Gasteiger partial charge in [0.1, 0.15) is 4.64 Å². The maximum absolute atomic E-state index is 5.95. The first-order valence-corrected chi connectivity index (χ1v) is 6.24. The summed E-state index contributed by atoms with van der Waals surface area (Å²) < 4.78 is 2.98. The highest BCUT2D eigenvalue weighted by atomic mass is 35.5. The van der Waals surface area contributed by atoms with E-state index in [1.807, 2.05) is 30.3 Å². The van der Waals surface area contributed by atoms with Gasteiger partial charge in [-0.15, -0.1) is 0 Å². The van der Waals surface area contributed by atoms with Crippen LogP contribution in [0.3, 0.4) is 0 Å². The van der Waals surface area contributed by atoms with E-state index in [0.29, 0.717) is 0 Å². The van der Waals surface area contributed by atoms with Crippen LogP contribution in [0.2, 0.25) is 5.02 Å². The van der Waals surface area contributed by atoms with Crippen molar-refractivity contribution >= 4 is 35.4 Å². The molecule has 2 aromatic rings. The second-order valence-corrected chi connectivity index (χ2v) is 5.06. The minimum Gasteiger partial charge on any atom is -0.288 e. The van der Waals surface area contributed by atoms with Crippen molar-refractivity contribution in [2.45, 2.75) is 13.5 Å². The fraction of sp³-hybridized carbons (Fsp3) is 0.182. The molecule has 78 valence electrons. The van der Waals surface area contributed by atoms with Crippen LogP contribution in [0.4, 0.5) is 0 Å². The highest BCUT2D eigenvalue weighted by Crippen LogP contribution is 2.27. The largest absolute Gasteiger partial charge is 0.288 e. The third-order valence-electron chi connectivity index (χ3n) is 2.11. The molecular formula is C11H10ClNS2. The lowest BCUT2D eigenvalue weighted by atomic mass is 10.2. The fourth-order valence-corrected chi connectivity index (χ4v) is 2.90. The van der Waals surface area contributed by atoms with Crippen LogP contribution in [0.25, 0.3) is 10.4 Å². The molecule has 1 heterocycles. The minimum atomic E-state index is 0.759. The van der Waals surface area contributed by atoms with E-state index in [2.05, 4.69) is 10.9 Å². The molecule has 0 amide bonds. The molecule has 0 unspecified atom stereocenters. The Morgan fingerprint density at radius 1 is 1.40 bits per heavy atom. The van der Waals surface area contributed by atoms with Crippen molar-refractivity contribution in [3.05, 3.63) is 40.0 Å². The zero-order chi connectivity index (χ0) is 10.8. The second kappa shape index (κ2) is 4.47. The Morgan fingerprint density at radius 2 is 2.20 bits per heavy atom. The Hall–Kier alpha value is -0.640. The maximum atomic E-state index is 5.95. The molecule has 1 aromatic carbocycles. The summed E-state index contributed by atoms with van der Waals surface area (Å²) in [4.78, 5) is 1.17. The van der Waals surface area contributed by atoms with Gasteiger partial charge in [-0.25, -0.2) is 0 Å². The molecule has 0 aliphatic heterocycles. The highest BCUT2D eigenvalue weighted by molar-refractivity contribution is 7.71. The van der Waals surface area contributed by atoms with Crippen LogP contribution < -0.4 is 0 Å². The summed E-state index contributed by atoms with van der Waals surface area (Å²) in [6, 6.07) is 9.86. The summed E-state index contributed by atoms with van der Waals surface area (Å²) >= 11 is 12.9. The van der Waals surface area contributed by atoms with Crippen LogP contribution in [0, 0.1) is 4.64 Å². The lowest BCUT2D eigenvalue weighted by Crippen LogP contribution is -1.85. The Bertz CT molecular complexity index is 527. The number of rotatable bonds is 2. The Kier molecular flexibility index (Phi) is 3.24. The van der Waals surface area contributed by atoms with Gasteiger partial charge in [-0.05, 0) is 30.7 Å². The van der Waals surface area contributed by atoms with Crippen LogP contribution >= 0.6 is 35.4 Å². The summed E-state index contributed by atoms with van der Waals surface area (Å²) in [5.74, 6) is 0. The predicted molar refractivity (Wildman–Crippen MR) is 69.3 cm³/mol. The first-order chi connectivity index (χ1) is 7.20. The van der Waals surface area contributed by atoms with Crippen LogP contribution in [-0.2, 0) is 6.54 Å². The summed E-state index contributed by atoms with van der Waals surface area (Å²) in [7, 11) is 0. The van der Waals surface area contributed by atoms with E-state index in [4.69, 9.17) is 23.8 Å². The van der Waals surface area contributed by atoms with Crippen molar-refractivity contribution in [2.75, 3.05) is 0 Å². The van der Waals surface area contributed by atoms with E-state index in [1.165, 1.54) is 4.88 Å². The SMILES string of the molecule is CCn1sc(-c2cccc(Cl)c2)cc1=S. The van der Waals surface area contributed by atoms with Gasteiger partial charge in [0.05, 0.1) is 4.88 Å². The molecule has 0 spiro atoms. The molecule has 0 N–H and O–H groups in total. The molecular weight excluding hydrogens is 246 g/mol. The first-order valence-electron chi connectivity index (χ1n) is 4.68. The van der Waals surface area contributed by atoms with E-state index in [0.717, 1.165) is 21.8 Å². The number of benzene rings is 1. The Morgan fingerprint density at radius 3 is 2.80 bits per heavy atom. The number of hydrogen-bond donors (Lipinski definition) is 0. The molecule has 0 fully saturated rings. The first kappa shape index (κ1) is 10.9. The zero-order valence-electron chi connectivity index (χ0n) is 8.24. The van der Waals surface area contributed by atoms with Crippen molar-refractivity contribution < 1.29 is 0 Å². The van der Waals surface area contributed by atoms with Gasteiger partial charge >= 0.3 is 0 Å². The summed E-state index contributed by atoms with van der Waals surface area (Å²) in [6.07, 6.45) is 0. The lowest BCUT2D eigenvalue weighted by molar-refractivity contribution is 0.828. The summed E-state index contributed by atoms with van der Waals surface area (Å²) in [5.41, 5.74) is 1.13. The van der Waals surface area contributed by atoms with E-state index < -0.39 is 0 Å². The molecule has 2 rings (SSSR count). The molecule has 0 aliphatic rings. The quantitative estimate of drug-likeness (QED) is 0.709. The molecule has 0 aliphatic carbocycles. The van der Waals surface area contributed by atoms with Crippen molar-refractivity contribution in [3.63, 3.8) is 0 Å². The van der Waals surface area contributed by atoms with Gasteiger partial charge in [-0.3, -0.25) is 3.96 Å². The Labute approximate surface area is 103 Å². The van der Waals surface area contributed by atoms with Crippen LogP contribution in [-0.4, -0.2) is 3.96 Å². The molecule has 15 heavy (non-hydrogen) atoms. The van der Waals surface area contributed by atoms with Gasteiger partial charge in [-0.1, -0.05) is 47.5 Å². The smallest absolute Gasteiger partial charge is 0.116 e. The van der Waals surface area contributed by atoms with Crippen molar-refractivity contribution in [2.24, 2.45) is 0 Å². The van der Waals surface area contributed by atoms with Gasteiger partial charge in [0.15, 0.2) is 0 Å². The molecule has 0 radical (unpaired) electrons. The average Bonchev–Trinajstić information content (AvgIpc) is 2.60. The third kappa shape index (κ3) is 2.30. The van der Waals surface area contributed by atoms with E-state index in [-0.39, 0.29) is 0 Å². The predicted octanol–water partition coefficient (Wildman–Crippen LogP) is 4.62. The lowest BCUT2D eigenvalue weighted by Gasteiger charge is -1.97. The molecule has 4 heteroatoms. The van der Waals surface area contributed by atoms with Crippen LogP contribution in [0.15, 0.2) is 30.3 Å². The van der Waals surface area contributed by atoms with E-state index in [1.54, 1.807) is 11.5 Å². The van der Waals surface area contributed by atoms with E-state index in [9.17, 15) is 0 Å². The maximum Gasteiger partial charge on any atom is 0.116 e. The van der Waals surface area contributed by atoms with E-state index >= 15 is 0 Å². The molecule has 0 saturated heterocycles. The van der Waals surface area contributed by atoms with Crippen molar-refractivity contribution in [1.82, 2.24) is 3.96 Å². The topological polar surface area (TPSA) is 4.93 Å². The fourth-order valence-electron chi connectivity index (χ4n) is 1.37. The van der Waals surface area contributed by atoms with Gasteiger partial charge < -0.3 is 0 Å². The van der Waals surface area contributed by atoms with Gasteiger partial charge in [0.25, 0.3) is 0 Å². The zero-order valence-corrected chi connectivity index (χ0v) is 10.6. The highest BCUT2D eigenvalue weighted by Gasteiger charge is 2.03. The molecule has 1 nitrogen and oxygen atoms in total. The molecule has 1 aromatic heterocycles. The van der Waals surface area contributed by atoms with Crippen LogP contribution in [0.5, 0.6) is 0 Å². The van der Waals surface area contributed by atoms with Gasteiger partial charge in [0, 0.05) is 11.6 Å². The summed E-state index contributed by atoms with van der Waals surface area (Å²) in [5, 5.41) is 0.759. The number of aromatic nitrogens is 1. The number of hydrogen-bond acceptors (Lipinski definition) is 2. The normalized spacial score (nSPS) is 10.5. The van der Waals surface area contributed by atoms with Gasteiger partial charge in [-0.2, -0.15) is 0 Å². The molecule has 0 saturated carbocycles. The van der Waals surface area contributed by atoms with Crippen molar-refractivity contribution in [1.29, 1.82) is 0 Å². The molecule has 0 atom stereocenters. The van der Waals surface area contributed by atoms with Gasteiger partial charge in [0.2, 0.25) is 0 Å². The number of halogens is 1. The second-order valence-electron chi connectivity index (χ2n) is 3.14. The number of nitrogens with zero attached hydrogens (tertiary/aromatic N) is 1. The standard InChI is InChI=1S/C11H10ClNS2/c1-2-13-11(14)7-10(15-13)8-4-3-5-9(12)6-8/h3-7H,2H2,1H3. The average molecular weight is 256 g/mol. The van der Waals surface area contributed by atoms with Crippen molar-refractivity contribution in [3.8, 4) is 10.4 Å². The van der Waals surface area contributed by atoms with Crippen LogP contribution in [0.1, 0.15) is 6.92 Å². The monoisotopic (exact) mass is 255 g/mol. The molecule has 0 bridgehead atoms. The third-order valence-corrected chi connectivity index (χ3v) is 4.02.